The molecule has 1 aromatic rings. The van der Waals surface area contributed by atoms with Crippen molar-refractivity contribution >= 4 is 17.6 Å². The van der Waals surface area contributed by atoms with Gasteiger partial charge < -0.3 is 4.90 Å². The lowest BCUT2D eigenvalue weighted by Gasteiger charge is -2.48. The Hall–Kier alpha value is -2.12. The van der Waals surface area contributed by atoms with Crippen molar-refractivity contribution in [3.8, 4) is 0 Å². The first-order valence-electron chi connectivity index (χ1n) is 16.5. The Morgan fingerprint density at radius 1 is 0.756 bits per heavy atom. The maximum Gasteiger partial charge on any atom is 0.247 e. The van der Waals surface area contributed by atoms with Gasteiger partial charge in [0.05, 0.1) is 0 Å². The van der Waals surface area contributed by atoms with E-state index in [2.05, 4.69) is 22.0 Å². The van der Waals surface area contributed by atoms with E-state index in [1.54, 1.807) is 12.1 Å². The summed E-state index contributed by atoms with van der Waals surface area (Å²) in [7, 11) is 0. The maximum atomic E-state index is 13.6. The number of ketones is 1. The third-order valence-corrected chi connectivity index (χ3v) is 9.12. The molecule has 2 amide bonds. The normalized spacial score (nSPS) is 17.8. The van der Waals surface area contributed by atoms with Gasteiger partial charge in [0.15, 0.2) is 5.78 Å². The molecule has 0 spiro atoms. The van der Waals surface area contributed by atoms with Crippen molar-refractivity contribution in [3.63, 3.8) is 0 Å². The van der Waals surface area contributed by atoms with Crippen LogP contribution in [0.3, 0.4) is 0 Å². The third kappa shape index (κ3) is 11.2. The van der Waals surface area contributed by atoms with Gasteiger partial charge in [-0.3, -0.25) is 24.6 Å². The number of piperidine rings is 2. The van der Waals surface area contributed by atoms with Crippen LogP contribution in [0.5, 0.6) is 0 Å². The van der Waals surface area contributed by atoms with E-state index in [9.17, 15) is 18.8 Å². The highest BCUT2D eigenvalue weighted by Gasteiger charge is 2.46. The van der Waals surface area contributed by atoms with Crippen LogP contribution in [-0.4, -0.2) is 65.7 Å². The number of carbonyl (C=O) groups is 3. The number of nitrogens with zero attached hydrogens (tertiary/aromatic N) is 2. The summed E-state index contributed by atoms with van der Waals surface area (Å²) in [6.07, 6.45) is 18.6. The molecule has 3 rings (SSSR count). The molecule has 0 bridgehead atoms. The molecule has 6 nitrogen and oxygen atoms in total. The van der Waals surface area contributed by atoms with E-state index >= 15 is 0 Å². The van der Waals surface area contributed by atoms with Crippen molar-refractivity contribution in [2.75, 3.05) is 32.7 Å². The molecule has 0 aromatic heterocycles. The summed E-state index contributed by atoms with van der Waals surface area (Å²) >= 11 is 0. The van der Waals surface area contributed by atoms with Crippen molar-refractivity contribution < 1.29 is 18.8 Å². The number of Topliss-reactive ketones (excluding diaryl/α,β-unsaturated/α-hetero) is 1. The fourth-order valence-electron chi connectivity index (χ4n) is 6.48. The Bertz CT molecular complexity index is 922. The molecule has 2 saturated heterocycles. The number of carbonyl (C=O) groups excluding carboxylic acids is 3. The topological polar surface area (TPSA) is 69.7 Å². The number of hydrogen-bond donors (Lipinski definition) is 1. The second-order valence-corrected chi connectivity index (χ2v) is 12.3. The average Bonchev–Trinajstić information content (AvgIpc) is 2.99. The number of likely N-dealkylation sites (tertiary alicyclic amines) is 2. The fraction of sp³-hybridized carbons (Fsp3) is 0.735. The molecule has 0 aliphatic carbocycles. The molecule has 41 heavy (non-hydrogen) atoms. The lowest BCUT2D eigenvalue weighted by molar-refractivity contribution is -0.142. The summed E-state index contributed by atoms with van der Waals surface area (Å²) in [6, 6.07) is 5.74. The van der Waals surface area contributed by atoms with Crippen molar-refractivity contribution in [2.24, 2.45) is 0 Å². The lowest BCUT2D eigenvalue weighted by atomic mass is 9.83. The van der Waals surface area contributed by atoms with Crippen LogP contribution >= 0.6 is 0 Å². The van der Waals surface area contributed by atoms with Crippen molar-refractivity contribution in [1.29, 1.82) is 0 Å². The van der Waals surface area contributed by atoms with Gasteiger partial charge in [0.2, 0.25) is 11.8 Å². The number of halogens is 1. The molecule has 1 aromatic carbocycles. The molecule has 2 heterocycles. The van der Waals surface area contributed by atoms with Crippen LogP contribution < -0.4 is 5.32 Å². The first-order valence-corrected chi connectivity index (χ1v) is 16.5. The van der Waals surface area contributed by atoms with Gasteiger partial charge in [-0.15, -0.1) is 0 Å². The average molecular weight is 572 g/mol. The van der Waals surface area contributed by atoms with Crippen LogP contribution in [0.1, 0.15) is 133 Å². The molecule has 0 saturated carbocycles. The first kappa shape index (κ1) is 33.4. The molecule has 2 aliphatic rings. The number of imide groups is 1. The van der Waals surface area contributed by atoms with Gasteiger partial charge in [-0.05, 0) is 82.4 Å². The molecule has 2 fully saturated rings. The highest BCUT2D eigenvalue weighted by molar-refractivity contribution is 6.00. The van der Waals surface area contributed by atoms with Gasteiger partial charge in [-0.1, -0.05) is 71.1 Å². The smallest absolute Gasteiger partial charge is 0.247 e. The number of hydrogen-bond acceptors (Lipinski definition) is 5. The van der Waals surface area contributed by atoms with Crippen LogP contribution in [0.2, 0.25) is 0 Å². The Labute approximate surface area is 247 Å². The summed E-state index contributed by atoms with van der Waals surface area (Å²) in [5, 5.41) is 2.80. The quantitative estimate of drug-likeness (QED) is 0.151. The zero-order valence-electron chi connectivity index (χ0n) is 25.6. The van der Waals surface area contributed by atoms with Gasteiger partial charge in [0.25, 0.3) is 0 Å². The lowest BCUT2D eigenvalue weighted by Crippen LogP contribution is -2.64. The summed E-state index contributed by atoms with van der Waals surface area (Å²) in [6.45, 7) is 6.41. The van der Waals surface area contributed by atoms with E-state index in [0.717, 1.165) is 71.2 Å². The molecule has 1 N–H and O–H groups in total. The van der Waals surface area contributed by atoms with Crippen LogP contribution in [0, 0.1) is 5.82 Å². The molecule has 2 aliphatic heterocycles. The summed E-state index contributed by atoms with van der Waals surface area (Å²) in [5.41, 5.74) is -0.0674. The molecule has 0 unspecified atom stereocenters. The van der Waals surface area contributed by atoms with Gasteiger partial charge in [0.1, 0.15) is 11.4 Å². The monoisotopic (exact) mass is 571 g/mol. The Kier molecular flexibility index (Phi) is 15.0. The van der Waals surface area contributed by atoms with E-state index in [4.69, 9.17) is 0 Å². The van der Waals surface area contributed by atoms with E-state index in [-0.39, 0.29) is 23.4 Å². The number of rotatable bonds is 18. The van der Waals surface area contributed by atoms with Gasteiger partial charge in [0, 0.05) is 31.5 Å². The molecule has 230 valence electrons. The fourth-order valence-corrected chi connectivity index (χ4v) is 6.48. The third-order valence-electron chi connectivity index (χ3n) is 9.12. The number of benzene rings is 1. The molecule has 7 heteroatoms. The van der Waals surface area contributed by atoms with E-state index in [1.165, 1.54) is 63.5 Å². The number of amides is 2. The van der Waals surface area contributed by atoms with E-state index < -0.39 is 5.54 Å². The predicted molar refractivity (Wildman–Crippen MR) is 163 cm³/mol. The highest BCUT2D eigenvalue weighted by Crippen LogP contribution is 2.32. The van der Waals surface area contributed by atoms with Crippen molar-refractivity contribution in [3.05, 3.63) is 35.6 Å². The van der Waals surface area contributed by atoms with Gasteiger partial charge in [-0.2, -0.15) is 0 Å². The molecular formula is C34H54FN3O3. The van der Waals surface area contributed by atoms with Crippen molar-refractivity contribution in [2.45, 2.75) is 128 Å². The minimum Gasteiger partial charge on any atom is -0.303 e. The SMILES string of the molecule is CCCCCCCCCCCCC(=O)NC(=O)C1(N2CCCCC2)CCN(CCCC(=O)c2ccc(F)cc2)CC1. The molecule has 0 radical (unpaired) electrons. The zero-order chi connectivity index (χ0) is 29.3. The van der Waals surface area contributed by atoms with Crippen LogP contribution in [0.25, 0.3) is 0 Å². The van der Waals surface area contributed by atoms with Gasteiger partial charge >= 0.3 is 0 Å². The number of unbranched alkanes of at least 4 members (excludes halogenated alkanes) is 9. The van der Waals surface area contributed by atoms with Crippen LogP contribution in [-0.2, 0) is 9.59 Å². The predicted octanol–water partition coefficient (Wildman–Crippen LogP) is 7.06. The first-order chi connectivity index (χ1) is 19.9. The minimum absolute atomic E-state index is 0.0324. The van der Waals surface area contributed by atoms with Crippen molar-refractivity contribution in [1.82, 2.24) is 15.1 Å². The summed E-state index contributed by atoms with van der Waals surface area (Å²) < 4.78 is 13.1. The molecular weight excluding hydrogens is 517 g/mol. The second-order valence-electron chi connectivity index (χ2n) is 12.3. The maximum absolute atomic E-state index is 13.6. The second kappa shape index (κ2) is 18.4. The van der Waals surface area contributed by atoms with Crippen LogP contribution in [0.4, 0.5) is 4.39 Å². The summed E-state index contributed by atoms with van der Waals surface area (Å²) in [4.78, 5) is 43.5. The zero-order valence-corrected chi connectivity index (χ0v) is 25.6. The Morgan fingerprint density at radius 3 is 1.95 bits per heavy atom. The molecule has 0 atom stereocenters. The highest BCUT2D eigenvalue weighted by atomic mass is 19.1. The largest absolute Gasteiger partial charge is 0.303 e. The van der Waals surface area contributed by atoms with E-state index in [1.807, 2.05) is 0 Å². The van der Waals surface area contributed by atoms with E-state index in [0.29, 0.717) is 31.2 Å². The Balaban J connectivity index is 1.40. The van der Waals surface area contributed by atoms with Gasteiger partial charge in [-0.25, -0.2) is 4.39 Å². The standard InChI is InChI=1S/C34H54FN3O3/c1-2-3-4-5-6-7-8-9-10-12-17-32(40)36-33(41)34(38-25-13-11-14-26-38)22-27-37(28-23-34)24-15-16-31(39)29-18-20-30(35)21-19-29/h18-21H,2-17,22-28H2,1H3,(H,36,40,41). The minimum atomic E-state index is -0.617. The van der Waals surface area contributed by atoms with Crippen LogP contribution in [0.15, 0.2) is 24.3 Å². The number of nitrogens with one attached hydrogen (secondary N) is 1. The summed E-state index contributed by atoms with van der Waals surface area (Å²) in [5.74, 6) is -0.545. The Morgan fingerprint density at radius 2 is 1.34 bits per heavy atom.